The van der Waals surface area contributed by atoms with Crippen molar-refractivity contribution < 1.29 is 14.7 Å². The van der Waals surface area contributed by atoms with E-state index >= 15 is 0 Å². The van der Waals surface area contributed by atoms with E-state index in [1.807, 2.05) is 19.9 Å². The van der Waals surface area contributed by atoms with Crippen molar-refractivity contribution in [3.8, 4) is 6.07 Å². The lowest BCUT2D eigenvalue weighted by atomic mass is 10.2. The molecule has 0 atom stereocenters. The Bertz CT molecular complexity index is 551. The number of anilines is 1. The molecule has 0 fully saturated rings. The van der Waals surface area contributed by atoms with Gasteiger partial charge in [0.2, 0.25) is 0 Å². The molecule has 1 rings (SSSR count). The minimum atomic E-state index is -1.11. The van der Waals surface area contributed by atoms with Gasteiger partial charge in [0, 0.05) is 19.3 Å². The zero-order valence-corrected chi connectivity index (χ0v) is 12.0. The largest absolute Gasteiger partial charge is 0.478 e. The third-order valence-electron chi connectivity index (χ3n) is 2.60. The molecular weight excluding hydrogens is 272 g/mol. The van der Waals surface area contributed by atoms with E-state index in [2.05, 4.69) is 10.3 Å². The lowest BCUT2D eigenvalue weighted by Crippen LogP contribution is -2.38. The number of rotatable bonds is 6. The van der Waals surface area contributed by atoms with E-state index in [4.69, 9.17) is 10.4 Å². The van der Waals surface area contributed by atoms with Crippen molar-refractivity contribution in [1.82, 2.24) is 9.88 Å². The number of nitrogens with zero attached hydrogens (tertiary/aromatic N) is 3. The molecule has 0 unspecified atom stereocenters. The fourth-order valence-corrected chi connectivity index (χ4v) is 1.73. The Morgan fingerprint density at radius 2 is 2.19 bits per heavy atom. The first kappa shape index (κ1) is 16.4. The lowest BCUT2D eigenvalue weighted by Gasteiger charge is -2.23. The molecule has 2 N–H and O–H groups in total. The highest BCUT2D eigenvalue weighted by Crippen LogP contribution is 2.10. The monoisotopic (exact) mass is 290 g/mol. The Morgan fingerprint density at radius 3 is 2.76 bits per heavy atom. The van der Waals surface area contributed by atoms with Crippen LogP contribution in [0.2, 0.25) is 0 Å². The molecule has 0 aromatic carbocycles. The van der Waals surface area contributed by atoms with Gasteiger partial charge in [-0.15, -0.1) is 0 Å². The maximum absolute atomic E-state index is 12.2. The van der Waals surface area contributed by atoms with Crippen molar-refractivity contribution in [2.45, 2.75) is 20.3 Å². The number of hydrogen-bond acceptors (Lipinski definition) is 4. The van der Waals surface area contributed by atoms with Gasteiger partial charge in [0.25, 0.3) is 0 Å². The zero-order valence-electron chi connectivity index (χ0n) is 12.0. The van der Waals surface area contributed by atoms with Gasteiger partial charge < -0.3 is 15.3 Å². The Balaban J connectivity index is 2.78. The van der Waals surface area contributed by atoms with Crippen LogP contribution in [-0.4, -0.2) is 40.1 Å². The number of urea groups is 1. The van der Waals surface area contributed by atoms with Crippen molar-refractivity contribution >= 4 is 17.7 Å². The second kappa shape index (κ2) is 7.85. The highest BCUT2D eigenvalue weighted by molar-refractivity contribution is 5.92. The van der Waals surface area contributed by atoms with Crippen molar-refractivity contribution in [3.63, 3.8) is 0 Å². The summed E-state index contributed by atoms with van der Waals surface area (Å²) < 4.78 is 0. The summed E-state index contributed by atoms with van der Waals surface area (Å²) in [5, 5.41) is 20.1. The van der Waals surface area contributed by atoms with E-state index < -0.39 is 5.97 Å². The van der Waals surface area contributed by atoms with Gasteiger partial charge in [0.05, 0.1) is 29.9 Å². The first-order valence-corrected chi connectivity index (χ1v) is 6.55. The number of amides is 2. The van der Waals surface area contributed by atoms with Gasteiger partial charge in [-0.2, -0.15) is 5.26 Å². The van der Waals surface area contributed by atoms with E-state index in [0.717, 1.165) is 0 Å². The van der Waals surface area contributed by atoms with Crippen LogP contribution in [0.25, 0.3) is 0 Å². The maximum atomic E-state index is 12.2. The number of carbonyl (C=O) groups excluding carboxylic acids is 1. The summed E-state index contributed by atoms with van der Waals surface area (Å²) in [4.78, 5) is 28.3. The van der Waals surface area contributed by atoms with Gasteiger partial charge in [-0.3, -0.25) is 4.98 Å². The SMILES string of the molecule is CC(C)CN(CCC#N)C(=O)Nc1cncc(C(=O)O)c1. The normalized spacial score (nSPS) is 10.0. The number of hydrogen-bond donors (Lipinski definition) is 2. The number of nitriles is 1. The number of aromatic nitrogens is 1. The van der Waals surface area contributed by atoms with E-state index in [1.54, 1.807) is 0 Å². The molecule has 1 aromatic rings. The van der Waals surface area contributed by atoms with E-state index in [0.29, 0.717) is 18.8 Å². The van der Waals surface area contributed by atoms with Gasteiger partial charge in [-0.05, 0) is 12.0 Å². The van der Waals surface area contributed by atoms with Crippen LogP contribution in [0.1, 0.15) is 30.6 Å². The second-order valence-electron chi connectivity index (χ2n) is 4.95. The molecular formula is C14H18N4O3. The summed E-state index contributed by atoms with van der Waals surface area (Å²) >= 11 is 0. The predicted octanol–water partition coefficient (Wildman–Crippen LogP) is 2.18. The number of pyridine rings is 1. The summed E-state index contributed by atoms with van der Waals surface area (Å²) in [5.41, 5.74) is 0.311. The van der Waals surface area contributed by atoms with Crippen molar-refractivity contribution in [1.29, 1.82) is 5.26 Å². The fraction of sp³-hybridized carbons (Fsp3) is 0.429. The minimum absolute atomic E-state index is 0.000217. The highest BCUT2D eigenvalue weighted by atomic mass is 16.4. The summed E-state index contributed by atoms with van der Waals surface area (Å²) in [6.07, 6.45) is 2.83. The molecule has 0 saturated heterocycles. The van der Waals surface area contributed by atoms with Crippen LogP contribution in [0.4, 0.5) is 10.5 Å². The standard InChI is InChI=1S/C14H18N4O3/c1-10(2)9-18(5-3-4-15)14(21)17-12-6-11(13(19)20)7-16-8-12/h6-8,10H,3,5,9H2,1-2H3,(H,17,21)(H,19,20). The van der Waals surface area contributed by atoms with Crippen LogP contribution in [-0.2, 0) is 0 Å². The summed E-state index contributed by atoms with van der Waals surface area (Å²) in [7, 11) is 0. The Hall–Kier alpha value is -2.62. The van der Waals surface area contributed by atoms with Crippen molar-refractivity contribution in [2.75, 3.05) is 18.4 Å². The number of carbonyl (C=O) groups is 2. The van der Waals surface area contributed by atoms with Gasteiger partial charge in [-0.1, -0.05) is 13.8 Å². The summed E-state index contributed by atoms with van der Waals surface area (Å²) in [5.74, 6) is -0.847. The van der Waals surface area contributed by atoms with Crippen LogP contribution < -0.4 is 5.32 Å². The molecule has 0 aliphatic rings. The second-order valence-corrected chi connectivity index (χ2v) is 4.95. The molecule has 0 aliphatic carbocycles. The van der Waals surface area contributed by atoms with Crippen LogP contribution >= 0.6 is 0 Å². The zero-order chi connectivity index (χ0) is 15.8. The highest BCUT2D eigenvalue weighted by Gasteiger charge is 2.15. The molecule has 0 spiro atoms. The predicted molar refractivity (Wildman–Crippen MR) is 76.9 cm³/mol. The van der Waals surface area contributed by atoms with E-state index in [9.17, 15) is 9.59 Å². The van der Waals surface area contributed by atoms with E-state index in [1.165, 1.54) is 23.4 Å². The number of carboxylic acid groups (broad SMARTS) is 1. The quantitative estimate of drug-likeness (QED) is 0.835. The van der Waals surface area contributed by atoms with Crippen LogP contribution in [0.5, 0.6) is 0 Å². The third-order valence-corrected chi connectivity index (χ3v) is 2.60. The molecule has 0 radical (unpaired) electrons. The van der Waals surface area contributed by atoms with E-state index in [-0.39, 0.29) is 23.9 Å². The van der Waals surface area contributed by atoms with Crippen molar-refractivity contribution in [2.24, 2.45) is 5.92 Å². The Kier molecular flexibility index (Phi) is 6.14. The number of aromatic carboxylic acids is 1. The topological polar surface area (TPSA) is 106 Å². The summed E-state index contributed by atoms with van der Waals surface area (Å²) in [6, 6.07) is 2.97. The molecule has 0 bridgehead atoms. The first-order valence-electron chi connectivity index (χ1n) is 6.55. The van der Waals surface area contributed by atoms with Gasteiger partial charge in [-0.25, -0.2) is 9.59 Å². The molecule has 1 aromatic heterocycles. The van der Waals surface area contributed by atoms with Gasteiger partial charge in [0.15, 0.2) is 0 Å². The van der Waals surface area contributed by atoms with Gasteiger partial charge >= 0.3 is 12.0 Å². The molecule has 2 amide bonds. The lowest BCUT2D eigenvalue weighted by molar-refractivity contribution is 0.0696. The molecule has 7 nitrogen and oxygen atoms in total. The number of carboxylic acids is 1. The third kappa shape index (κ3) is 5.48. The van der Waals surface area contributed by atoms with Crippen LogP contribution in [0, 0.1) is 17.2 Å². The van der Waals surface area contributed by atoms with Crippen LogP contribution in [0.15, 0.2) is 18.5 Å². The fourth-order valence-electron chi connectivity index (χ4n) is 1.73. The first-order chi connectivity index (χ1) is 9.93. The number of nitrogens with one attached hydrogen (secondary N) is 1. The molecule has 112 valence electrons. The summed E-state index contributed by atoms with van der Waals surface area (Å²) in [6.45, 7) is 4.78. The molecule has 0 aliphatic heterocycles. The van der Waals surface area contributed by atoms with Crippen molar-refractivity contribution in [3.05, 3.63) is 24.0 Å². The Morgan fingerprint density at radius 1 is 1.48 bits per heavy atom. The Labute approximate surface area is 123 Å². The average molecular weight is 290 g/mol. The molecule has 21 heavy (non-hydrogen) atoms. The van der Waals surface area contributed by atoms with Crippen LogP contribution in [0.3, 0.4) is 0 Å². The maximum Gasteiger partial charge on any atom is 0.337 e. The minimum Gasteiger partial charge on any atom is -0.478 e. The average Bonchev–Trinajstić information content (AvgIpc) is 2.43. The molecule has 1 heterocycles. The van der Waals surface area contributed by atoms with Gasteiger partial charge in [0.1, 0.15) is 0 Å². The molecule has 7 heteroatoms. The molecule has 0 saturated carbocycles. The smallest absolute Gasteiger partial charge is 0.337 e.